The van der Waals surface area contributed by atoms with Crippen LogP contribution in [0.1, 0.15) is 182 Å². The number of carboxylic acid groups (broad SMARTS) is 5. The minimum Gasteiger partial charge on any atom is -0.507 e. The van der Waals surface area contributed by atoms with Crippen molar-refractivity contribution in [3.63, 3.8) is 0 Å². The van der Waals surface area contributed by atoms with Gasteiger partial charge in [-0.15, -0.1) is 71.9 Å². The van der Waals surface area contributed by atoms with Crippen LogP contribution < -0.4 is 0 Å². The van der Waals surface area contributed by atoms with Crippen LogP contribution in [0.4, 0.5) is 0 Å². The highest BCUT2D eigenvalue weighted by atomic mass is 127. The number of benzene rings is 16. The Morgan fingerprint density at radius 3 is 0.540 bits per heavy atom. The smallest absolute Gasteiger partial charge is 0.339 e. The van der Waals surface area contributed by atoms with E-state index in [0.29, 0.717) is 65.7 Å². The molecule has 0 saturated carbocycles. The molecule has 16 rings (SSSR count). The van der Waals surface area contributed by atoms with E-state index in [1.165, 1.54) is 63.2 Å². The summed E-state index contributed by atoms with van der Waals surface area (Å²) < 4.78 is 0. The van der Waals surface area contributed by atoms with Crippen molar-refractivity contribution in [1.82, 2.24) is 0 Å². The number of carbonyl (C=O) groups is 8. The van der Waals surface area contributed by atoms with Crippen molar-refractivity contribution in [2.24, 2.45) is 0 Å². The Labute approximate surface area is 773 Å². The summed E-state index contributed by atoms with van der Waals surface area (Å²) in [6.07, 6.45) is 0.205. The maximum Gasteiger partial charge on any atom is 0.339 e. The number of carbonyl (C=O) groups excluding carboxylic acids is 3. The van der Waals surface area contributed by atoms with Crippen LogP contribution in [0, 0.1) is 55.4 Å². The highest BCUT2D eigenvalue weighted by Gasteiger charge is 2.28. The molecule has 0 atom stereocenters. The molecule has 21 nitrogen and oxygen atoms in total. The first-order chi connectivity index (χ1) is 58.2. The van der Waals surface area contributed by atoms with Crippen LogP contribution in [0.5, 0.6) is 46.0 Å². The summed E-state index contributed by atoms with van der Waals surface area (Å²) in [6, 6.07) is 60.5. The van der Waals surface area contributed by atoms with Gasteiger partial charge in [-0.3, -0.25) is 14.4 Å². The van der Waals surface area contributed by atoms with Crippen LogP contribution in [0.2, 0.25) is 0 Å². The maximum atomic E-state index is 12.2. The molecule has 126 heavy (non-hydrogen) atoms. The fourth-order valence-electron chi connectivity index (χ4n) is 15.6. The van der Waals surface area contributed by atoms with Crippen molar-refractivity contribution in [3.05, 3.63) is 329 Å². The molecule has 0 aliphatic rings. The summed E-state index contributed by atoms with van der Waals surface area (Å²) in [4.78, 5) is 93.4. The first-order valence-electron chi connectivity index (χ1n) is 38.8. The molecule has 24 heteroatoms. The van der Waals surface area contributed by atoms with E-state index < -0.39 is 29.8 Å². The quantitative estimate of drug-likeness (QED) is 0.0355. The second-order valence-corrected chi connectivity index (χ2v) is 31.0. The third-order valence-electron chi connectivity index (χ3n) is 21.8. The molecule has 0 heterocycles. The largest absolute Gasteiger partial charge is 0.507 e. The predicted molar refractivity (Wildman–Crippen MR) is 522 cm³/mol. The third kappa shape index (κ3) is 20.5. The standard InChI is InChI=1S/3C26H22O5.2C12H10O3.3HI/c3*1-13-4-6-18-16(8-13)10-20(15(3)27)24(28)21(18)12-22-19-7-5-14(2)9-17(19)11-23(25(22)29)26(30)31;2*1-7-2-3-8-6-11(13)10(12(14)15)5-9(8)4-7;;;/h3*4-11,28-29H,12H2,1-3H3,(H,30,31);2*2-6,13H,1H3,(H,14,15);3*1H. The number of phenols is 8. The van der Waals surface area contributed by atoms with Gasteiger partial charge in [-0.2, -0.15) is 0 Å². The number of rotatable bonds is 14. The number of aryl methyl sites for hydroxylation is 8. The van der Waals surface area contributed by atoms with Gasteiger partial charge in [0.25, 0.3) is 0 Å². The number of Topliss-reactive ketones (excluding diaryl/α,β-unsaturated/α-hetero) is 3. The lowest BCUT2D eigenvalue weighted by Crippen LogP contribution is -2.03. The van der Waals surface area contributed by atoms with Gasteiger partial charge in [0.05, 0.1) is 16.7 Å². The van der Waals surface area contributed by atoms with Crippen molar-refractivity contribution in [2.45, 2.75) is 95.4 Å². The van der Waals surface area contributed by atoms with Gasteiger partial charge in [-0.25, -0.2) is 24.0 Å². The van der Waals surface area contributed by atoms with Crippen molar-refractivity contribution in [3.8, 4) is 46.0 Å². The van der Waals surface area contributed by atoms with Crippen LogP contribution in [0.15, 0.2) is 206 Å². The van der Waals surface area contributed by atoms with Crippen molar-refractivity contribution < 1.29 is 105 Å². The predicted octanol–water partition coefficient (Wildman–Crippen LogP) is 23.5. The number of carboxylic acids is 5. The van der Waals surface area contributed by atoms with Crippen LogP contribution in [-0.4, -0.2) is 114 Å². The first kappa shape index (κ1) is 96.4. The van der Waals surface area contributed by atoms with E-state index in [2.05, 4.69) is 0 Å². The van der Waals surface area contributed by atoms with Crippen molar-refractivity contribution >= 4 is 205 Å². The Morgan fingerprint density at radius 1 is 0.198 bits per heavy atom. The lowest BCUT2D eigenvalue weighted by atomic mass is 9.89. The Hall–Kier alpha value is -13.5. The van der Waals surface area contributed by atoms with E-state index in [9.17, 15) is 94.5 Å². The number of aromatic carboxylic acids is 5. The zero-order chi connectivity index (χ0) is 89.3. The van der Waals surface area contributed by atoms with Crippen molar-refractivity contribution in [2.75, 3.05) is 0 Å². The molecule has 0 radical (unpaired) electrons. The molecule has 0 saturated heterocycles. The van der Waals surface area contributed by atoms with E-state index in [0.717, 1.165) is 98.4 Å². The molecule has 13 N–H and O–H groups in total. The van der Waals surface area contributed by atoms with Gasteiger partial charge in [0.15, 0.2) is 17.3 Å². The summed E-state index contributed by atoms with van der Waals surface area (Å²) >= 11 is 0. The highest BCUT2D eigenvalue weighted by Crippen LogP contribution is 2.45. The van der Waals surface area contributed by atoms with Crippen LogP contribution in [-0.2, 0) is 19.3 Å². The normalized spacial score (nSPS) is 10.8. The van der Waals surface area contributed by atoms with E-state index in [1.54, 1.807) is 18.2 Å². The second kappa shape index (κ2) is 39.6. The summed E-state index contributed by atoms with van der Waals surface area (Å²) in [7, 11) is 0. The molecule has 16 aromatic carbocycles. The molecule has 0 bridgehead atoms. The molecular formula is C102H89I3O21. The van der Waals surface area contributed by atoms with E-state index in [-0.39, 0.29) is 199 Å². The van der Waals surface area contributed by atoms with E-state index in [1.807, 2.05) is 201 Å². The van der Waals surface area contributed by atoms with E-state index in [4.69, 9.17) is 10.2 Å². The van der Waals surface area contributed by atoms with Gasteiger partial charge < -0.3 is 66.4 Å². The average molecular weight is 2030 g/mol. The highest BCUT2D eigenvalue weighted by molar-refractivity contribution is 14.0. The van der Waals surface area contributed by atoms with Gasteiger partial charge in [0.2, 0.25) is 0 Å². The summed E-state index contributed by atoms with van der Waals surface area (Å²) in [5.41, 5.74) is 10.5. The number of ketones is 3. The zero-order valence-corrected chi connectivity index (χ0v) is 77.0. The van der Waals surface area contributed by atoms with Crippen molar-refractivity contribution in [1.29, 1.82) is 0 Å². The Bertz CT molecular complexity index is 6270. The lowest BCUT2D eigenvalue weighted by Gasteiger charge is -2.17. The lowest BCUT2D eigenvalue weighted by molar-refractivity contribution is 0.0682. The number of halogens is 3. The number of hydrogen-bond donors (Lipinski definition) is 13. The van der Waals surface area contributed by atoms with Gasteiger partial charge in [0, 0.05) is 52.6 Å². The zero-order valence-electron chi connectivity index (χ0n) is 70.1. The molecule has 0 amide bonds. The maximum absolute atomic E-state index is 12.2. The first-order valence-corrected chi connectivity index (χ1v) is 38.8. The number of fused-ring (bicyclic) bond motifs is 8. The number of phenolic OH excluding ortho intramolecular Hbond substituents is 3. The average Bonchev–Trinajstić information content (AvgIpc) is 0.760. The molecule has 0 spiro atoms. The SMILES string of the molecule is CC(=O)c1cc2cc(C)ccc2c(Cc2c(O)c(C(=O)O)cc3cc(C)ccc23)c1O.CC(=O)c1cc2cc(C)ccc2c(Cc2c(O)c(C(=O)O)cc3cc(C)ccc23)c1O.CC(=O)c1cc2cc(C)ccc2c(Cc2c(O)c(C(=O)O)cc3cc(C)ccc23)c1O.Cc1ccc2cc(O)c(C(=O)O)cc2c1.Cc1ccc2cc(O)c(C(=O)O)cc2c1.I.I.I. The molecule has 0 unspecified atom stereocenters. The fourth-order valence-corrected chi connectivity index (χ4v) is 15.6. The summed E-state index contributed by atoms with van der Waals surface area (Å²) in [5.74, 6) is -8.59. The molecule has 16 aromatic rings. The third-order valence-corrected chi connectivity index (χ3v) is 21.8. The second-order valence-electron chi connectivity index (χ2n) is 31.0. The van der Waals surface area contributed by atoms with Crippen LogP contribution in [0.3, 0.4) is 0 Å². The minimum absolute atomic E-state index is 0. The molecule has 0 fully saturated rings. The molecule has 0 aromatic heterocycles. The van der Waals surface area contributed by atoms with Gasteiger partial charge >= 0.3 is 29.8 Å². The monoisotopic (exact) mass is 2030 g/mol. The molecular weight excluding hydrogens is 1940 g/mol. The molecule has 644 valence electrons. The minimum atomic E-state index is -1.23. The Morgan fingerprint density at radius 2 is 0.357 bits per heavy atom. The summed E-state index contributed by atoms with van der Waals surface area (Å²) in [6.45, 7) is 19.6. The number of aromatic hydroxyl groups is 8. The summed E-state index contributed by atoms with van der Waals surface area (Å²) in [5, 5.41) is 143. The van der Waals surface area contributed by atoms with E-state index >= 15 is 0 Å². The molecule has 0 aliphatic heterocycles. The van der Waals surface area contributed by atoms with Gasteiger partial charge in [-0.1, -0.05) is 190 Å². The molecule has 0 aliphatic carbocycles. The van der Waals surface area contributed by atoms with Gasteiger partial charge in [-0.05, 0) is 223 Å². The fraction of sp³-hybridized carbons (Fsp3) is 0.137. The number of hydrogen-bond acceptors (Lipinski definition) is 16. The van der Waals surface area contributed by atoms with Crippen LogP contribution in [0.25, 0.3) is 86.2 Å². The Balaban J connectivity index is 0.000000183. The Kier molecular flexibility index (Phi) is 30.3. The topological polar surface area (TPSA) is 400 Å². The van der Waals surface area contributed by atoms with Gasteiger partial charge in [0.1, 0.15) is 73.8 Å². The van der Waals surface area contributed by atoms with Crippen LogP contribution >= 0.6 is 71.9 Å².